The van der Waals surface area contributed by atoms with Crippen LogP contribution in [0, 0.1) is 5.92 Å². The Hall–Kier alpha value is -3.06. The van der Waals surface area contributed by atoms with Crippen LogP contribution in [0.5, 0.6) is 0 Å². The fraction of sp³-hybridized carbons (Fsp3) is 0.391. The summed E-state index contributed by atoms with van der Waals surface area (Å²) in [6, 6.07) is 10.2. The molecule has 30 heavy (non-hydrogen) atoms. The molecule has 0 unspecified atom stereocenters. The zero-order valence-electron chi connectivity index (χ0n) is 17.3. The number of hydrogen-bond donors (Lipinski definition) is 1. The molecule has 0 amide bonds. The Morgan fingerprint density at radius 1 is 0.967 bits per heavy atom. The number of anilines is 2. The lowest BCUT2D eigenvalue weighted by Gasteiger charge is -2.32. The predicted octanol–water partition coefficient (Wildman–Crippen LogP) is 2.95. The fourth-order valence-electron chi connectivity index (χ4n) is 3.73. The second kappa shape index (κ2) is 8.36. The lowest BCUT2D eigenvalue weighted by Crippen LogP contribution is -2.45. The van der Waals surface area contributed by atoms with Gasteiger partial charge in [0, 0.05) is 26.2 Å². The molecular weight excluding hydrogens is 374 g/mol. The van der Waals surface area contributed by atoms with Gasteiger partial charge in [0.2, 0.25) is 11.9 Å². The molecule has 0 bridgehead atoms. The van der Waals surface area contributed by atoms with Crippen molar-refractivity contribution in [2.75, 3.05) is 50.0 Å². The van der Waals surface area contributed by atoms with E-state index in [0.29, 0.717) is 11.8 Å². The summed E-state index contributed by atoms with van der Waals surface area (Å²) in [5.74, 6) is 3.51. The summed E-state index contributed by atoms with van der Waals surface area (Å²) in [5, 5.41) is 3.32. The summed E-state index contributed by atoms with van der Waals surface area (Å²) >= 11 is 0. The van der Waals surface area contributed by atoms with E-state index in [0.717, 1.165) is 56.0 Å². The average molecular weight is 402 g/mol. The first kappa shape index (κ1) is 18.9. The summed E-state index contributed by atoms with van der Waals surface area (Å²) < 4.78 is 0. The van der Waals surface area contributed by atoms with Crippen LogP contribution in [0.15, 0.2) is 47.0 Å². The van der Waals surface area contributed by atoms with Gasteiger partial charge in [0.25, 0.3) is 0 Å². The number of benzene rings is 1. The lowest BCUT2D eigenvalue weighted by molar-refractivity contribution is 0.311. The second-order valence-electron chi connectivity index (χ2n) is 8.17. The highest BCUT2D eigenvalue weighted by Crippen LogP contribution is 2.37. The Morgan fingerprint density at radius 3 is 2.53 bits per heavy atom. The first-order valence-electron chi connectivity index (χ1n) is 10.7. The Labute approximate surface area is 177 Å². The number of nitrogens with zero attached hydrogens (tertiary/aromatic N) is 6. The number of aliphatic imine (C=N–C) groups is 1. The van der Waals surface area contributed by atoms with Gasteiger partial charge in [0.1, 0.15) is 5.84 Å². The van der Waals surface area contributed by atoms with Crippen molar-refractivity contribution in [2.45, 2.75) is 12.8 Å². The third kappa shape index (κ3) is 4.57. The topological polar surface area (TPSA) is 69.5 Å². The third-order valence-corrected chi connectivity index (χ3v) is 5.75. The number of nitrogens with one attached hydrogen (secondary N) is 1. The van der Waals surface area contributed by atoms with Gasteiger partial charge in [-0.1, -0.05) is 36.4 Å². The van der Waals surface area contributed by atoms with Crippen LogP contribution in [0.3, 0.4) is 0 Å². The molecule has 0 radical (unpaired) electrons. The SMILES string of the molecule is CN1CCN(c2nc(/C=C/c3ccccc3)nc(NC3=NCC(C4CC4)=C3)n2)CC1. The van der Waals surface area contributed by atoms with Crippen LogP contribution in [0.4, 0.5) is 11.9 Å². The Morgan fingerprint density at radius 2 is 1.77 bits per heavy atom. The van der Waals surface area contributed by atoms with E-state index in [1.165, 1.54) is 18.4 Å². The predicted molar refractivity (Wildman–Crippen MR) is 122 cm³/mol. The smallest absolute Gasteiger partial charge is 0.233 e. The second-order valence-corrected chi connectivity index (χ2v) is 8.17. The lowest BCUT2D eigenvalue weighted by atomic mass is 10.2. The molecule has 1 aliphatic carbocycles. The van der Waals surface area contributed by atoms with E-state index in [1.807, 2.05) is 30.4 Å². The number of amidine groups is 1. The van der Waals surface area contributed by atoms with Gasteiger partial charge < -0.3 is 15.1 Å². The molecule has 1 aromatic heterocycles. The quantitative estimate of drug-likeness (QED) is 0.831. The van der Waals surface area contributed by atoms with E-state index in [2.05, 4.69) is 50.3 Å². The maximum Gasteiger partial charge on any atom is 0.233 e. The summed E-state index contributed by atoms with van der Waals surface area (Å²) in [7, 11) is 2.15. The molecule has 1 saturated heterocycles. The van der Waals surface area contributed by atoms with E-state index in [4.69, 9.17) is 9.97 Å². The number of hydrogen-bond acceptors (Lipinski definition) is 7. The van der Waals surface area contributed by atoms with Crippen LogP contribution in [0.1, 0.15) is 24.2 Å². The van der Waals surface area contributed by atoms with Crippen LogP contribution >= 0.6 is 0 Å². The van der Waals surface area contributed by atoms with Crippen molar-refractivity contribution in [3.8, 4) is 0 Å². The van der Waals surface area contributed by atoms with Crippen LogP contribution in [0.25, 0.3) is 12.2 Å². The molecule has 154 valence electrons. The summed E-state index contributed by atoms with van der Waals surface area (Å²) in [5.41, 5.74) is 2.54. The van der Waals surface area contributed by atoms with E-state index in [1.54, 1.807) is 0 Å². The molecule has 1 aromatic carbocycles. The molecule has 0 spiro atoms. The molecular formula is C23H27N7. The molecule has 1 saturated carbocycles. The van der Waals surface area contributed by atoms with Crippen molar-refractivity contribution in [2.24, 2.45) is 10.9 Å². The highest BCUT2D eigenvalue weighted by Gasteiger charge is 2.28. The van der Waals surface area contributed by atoms with Gasteiger partial charge in [0.05, 0.1) is 6.54 Å². The van der Waals surface area contributed by atoms with Gasteiger partial charge in [-0.25, -0.2) is 0 Å². The maximum absolute atomic E-state index is 4.73. The van der Waals surface area contributed by atoms with E-state index < -0.39 is 0 Å². The number of rotatable bonds is 5. The minimum absolute atomic E-state index is 0.554. The molecule has 5 rings (SSSR count). The summed E-state index contributed by atoms with van der Waals surface area (Å²) in [6.45, 7) is 4.63. The first-order valence-corrected chi connectivity index (χ1v) is 10.7. The van der Waals surface area contributed by atoms with E-state index in [9.17, 15) is 0 Å². The van der Waals surface area contributed by atoms with Gasteiger partial charge in [-0.05, 0) is 49.1 Å². The monoisotopic (exact) mass is 401 g/mol. The molecule has 7 heteroatoms. The minimum Gasteiger partial charge on any atom is -0.338 e. The van der Waals surface area contributed by atoms with Crippen molar-refractivity contribution >= 4 is 29.9 Å². The summed E-state index contributed by atoms with van der Waals surface area (Å²) in [4.78, 5) is 23.3. The zero-order valence-corrected chi connectivity index (χ0v) is 17.3. The van der Waals surface area contributed by atoms with Crippen LogP contribution in [-0.2, 0) is 0 Å². The van der Waals surface area contributed by atoms with Gasteiger partial charge in [-0.2, -0.15) is 15.0 Å². The summed E-state index contributed by atoms with van der Waals surface area (Å²) in [6.07, 6.45) is 8.73. The molecule has 2 aliphatic heterocycles. The molecule has 7 nitrogen and oxygen atoms in total. The largest absolute Gasteiger partial charge is 0.338 e. The Kier molecular flexibility index (Phi) is 5.27. The molecule has 3 heterocycles. The Balaban J connectivity index is 1.40. The van der Waals surface area contributed by atoms with Crippen LogP contribution in [-0.4, -0.2) is 65.5 Å². The average Bonchev–Trinajstić information content (AvgIpc) is 3.52. The molecule has 0 atom stereocenters. The maximum atomic E-state index is 4.73. The van der Waals surface area contributed by atoms with Gasteiger partial charge in [-0.3, -0.25) is 4.99 Å². The molecule has 2 fully saturated rings. The minimum atomic E-state index is 0.554. The van der Waals surface area contributed by atoms with E-state index in [-0.39, 0.29) is 0 Å². The number of aromatic nitrogens is 3. The van der Waals surface area contributed by atoms with Crippen molar-refractivity contribution in [1.82, 2.24) is 19.9 Å². The van der Waals surface area contributed by atoms with Gasteiger partial charge in [0.15, 0.2) is 5.82 Å². The zero-order chi connectivity index (χ0) is 20.3. The molecule has 2 aromatic rings. The third-order valence-electron chi connectivity index (χ3n) is 5.75. The highest BCUT2D eigenvalue weighted by atomic mass is 15.3. The van der Waals surface area contributed by atoms with Crippen LogP contribution < -0.4 is 10.2 Å². The number of likely N-dealkylation sites (N-methyl/N-ethyl adjacent to an activating group) is 1. The standard InChI is InChI=1S/C23H27N7/c1-29-11-13-30(14-12-29)23-27-20(10-7-17-5-3-2-4-6-17)25-22(28-23)26-21-15-19(16-24-21)18-8-9-18/h2-7,10,15,18H,8-9,11-14,16H2,1H3,(H,24,25,26,27,28)/b10-7+. The van der Waals surface area contributed by atoms with Crippen molar-refractivity contribution in [3.05, 3.63) is 53.4 Å². The van der Waals surface area contributed by atoms with Gasteiger partial charge >= 0.3 is 0 Å². The van der Waals surface area contributed by atoms with Gasteiger partial charge in [-0.15, -0.1) is 0 Å². The van der Waals surface area contributed by atoms with Crippen molar-refractivity contribution in [3.63, 3.8) is 0 Å². The number of piperazine rings is 1. The Bertz CT molecular complexity index is 984. The van der Waals surface area contributed by atoms with Crippen LogP contribution in [0.2, 0.25) is 0 Å². The first-order chi connectivity index (χ1) is 14.7. The highest BCUT2D eigenvalue weighted by molar-refractivity contribution is 6.05. The molecule has 1 N–H and O–H groups in total. The normalized spacial score (nSPS) is 19.8. The van der Waals surface area contributed by atoms with E-state index >= 15 is 0 Å². The van der Waals surface area contributed by atoms with Crippen molar-refractivity contribution < 1.29 is 0 Å². The van der Waals surface area contributed by atoms with Crippen molar-refractivity contribution in [1.29, 1.82) is 0 Å². The fourth-order valence-corrected chi connectivity index (χ4v) is 3.73. The molecule has 3 aliphatic rings.